The number of imide groups is 1. The molecule has 2 aromatic rings. The molecule has 50 heavy (non-hydrogen) atoms. The third-order valence-electron chi connectivity index (χ3n) is 11.3. The van der Waals surface area contributed by atoms with Crippen LogP contribution in [0, 0.1) is 5.92 Å². The first-order valence-electron chi connectivity index (χ1n) is 18.5. The van der Waals surface area contributed by atoms with Crippen LogP contribution in [-0.4, -0.2) is 89.5 Å². The highest BCUT2D eigenvalue weighted by molar-refractivity contribution is 6.06. The van der Waals surface area contributed by atoms with E-state index < -0.39 is 11.9 Å². The summed E-state index contributed by atoms with van der Waals surface area (Å²) >= 11 is 0. The van der Waals surface area contributed by atoms with E-state index >= 15 is 0 Å². The van der Waals surface area contributed by atoms with Gasteiger partial charge in [0.1, 0.15) is 6.04 Å². The Morgan fingerprint density at radius 3 is 2.60 bits per heavy atom. The van der Waals surface area contributed by atoms with Gasteiger partial charge >= 0.3 is 0 Å². The minimum absolute atomic E-state index is 0.0669. The van der Waals surface area contributed by atoms with Gasteiger partial charge in [-0.3, -0.25) is 29.5 Å². The summed E-state index contributed by atoms with van der Waals surface area (Å²) in [4.78, 5) is 59.3. The molecule has 12 heteroatoms. The number of likely N-dealkylation sites (tertiary alicyclic amines) is 1. The van der Waals surface area contributed by atoms with Crippen molar-refractivity contribution in [2.24, 2.45) is 16.6 Å². The number of nitrogens with one attached hydrogen (secondary N) is 4. The molecule has 5 aliphatic rings. The number of rotatable bonds is 10. The number of hydrogen-bond donors (Lipinski definition) is 5. The van der Waals surface area contributed by atoms with Crippen LogP contribution < -0.4 is 27.0 Å². The molecule has 0 radical (unpaired) electrons. The second-order valence-corrected chi connectivity index (χ2v) is 14.6. The molecule has 2 saturated heterocycles. The maximum atomic E-state index is 13.3. The van der Waals surface area contributed by atoms with Gasteiger partial charge in [-0.25, -0.2) is 0 Å². The molecular weight excluding hydrogens is 632 g/mol. The fourth-order valence-electron chi connectivity index (χ4n) is 8.50. The third-order valence-corrected chi connectivity index (χ3v) is 11.3. The van der Waals surface area contributed by atoms with Crippen molar-refractivity contribution in [3.63, 3.8) is 0 Å². The molecule has 12 nitrogen and oxygen atoms in total. The van der Waals surface area contributed by atoms with E-state index in [9.17, 15) is 19.2 Å². The molecule has 1 saturated carbocycles. The normalized spacial score (nSPS) is 25.7. The van der Waals surface area contributed by atoms with Gasteiger partial charge in [-0.2, -0.15) is 0 Å². The van der Waals surface area contributed by atoms with E-state index in [0.717, 1.165) is 92.9 Å². The SMILES string of the molecule is NC/C(=N/C1CCN(C(=O)CCCC2CCCC(Nc3cccc4c3CN(C3CCC(=O)NC3=O)C4=O)C2)CC1)C1CNc2ccccc2N1. The smallest absolute Gasteiger partial charge is 0.255 e. The zero-order valence-electron chi connectivity index (χ0n) is 28.8. The van der Waals surface area contributed by atoms with Gasteiger partial charge in [0.15, 0.2) is 0 Å². The monoisotopic (exact) mass is 682 g/mol. The summed E-state index contributed by atoms with van der Waals surface area (Å²) in [6.07, 6.45) is 9.23. The maximum Gasteiger partial charge on any atom is 0.255 e. The van der Waals surface area contributed by atoms with Gasteiger partial charge in [0.2, 0.25) is 17.7 Å². The summed E-state index contributed by atoms with van der Waals surface area (Å²) in [5, 5.41) is 13.2. The van der Waals surface area contributed by atoms with Crippen LogP contribution in [0.25, 0.3) is 0 Å². The van der Waals surface area contributed by atoms with E-state index in [1.54, 1.807) is 4.90 Å². The first-order valence-corrected chi connectivity index (χ1v) is 18.5. The molecule has 3 fully saturated rings. The lowest BCUT2D eigenvalue weighted by molar-refractivity contribution is -0.137. The summed E-state index contributed by atoms with van der Waals surface area (Å²) in [7, 11) is 0. The minimum atomic E-state index is -0.619. The van der Waals surface area contributed by atoms with Gasteiger partial charge in [-0.05, 0) is 75.1 Å². The highest BCUT2D eigenvalue weighted by Crippen LogP contribution is 2.36. The Labute approximate surface area is 294 Å². The zero-order chi connectivity index (χ0) is 34.6. The molecule has 266 valence electrons. The zero-order valence-corrected chi connectivity index (χ0v) is 28.8. The number of fused-ring (bicyclic) bond motifs is 2. The molecule has 4 unspecified atom stereocenters. The number of aliphatic imine (C=N–C) groups is 1. The van der Waals surface area contributed by atoms with Crippen LogP contribution in [0.2, 0.25) is 0 Å². The lowest BCUT2D eigenvalue weighted by Crippen LogP contribution is -2.52. The summed E-state index contributed by atoms with van der Waals surface area (Å²) in [6.45, 7) is 3.01. The average molecular weight is 683 g/mol. The Morgan fingerprint density at radius 1 is 0.980 bits per heavy atom. The van der Waals surface area contributed by atoms with Crippen molar-refractivity contribution in [2.75, 3.05) is 42.1 Å². The van der Waals surface area contributed by atoms with Crippen LogP contribution >= 0.6 is 0 Å². The number of amides is 4. The average Bonchev–Trinajstić information content (AvgIpc) is 3.47. The molecule has 4 aliphatic heterocycles. The van der Waals surface area contributed by atoms with Crippen LogP contribution in [0.5, 0.6) is 0 Å². The quantitative estimate of drug-likeness (QED) is 0.186. The number of nitrogens with two attached hydrogens (primary N) is 1. The van der Waals surface area contributed by atoms with E-state index in [2.05, 4.69) is 33.4 Å². The Morgan fingerprint density at radius 2 is 1.80 bits per heavy atom. The topological polar surface area (TPSA) is 161 Å². The first-order chi connectivity index (χ1) is 24.4. The van der Waals surface area contributed by atoms with Gasteiger partial charge < -0.3 is 31.5 Å². The summed E-state index contributed by atoms with van der Waals surface area (Å²) in [6, 6.07) is 13.9. The number of para-hydroxylation sites is 2. The second-order valence-electron chi connectivity index (χ2n) is 14.6. The molecular formula is C38H50N8O4. The van der Waals surface area contributed by atoms with Crippen molar-refractivity contribution < 1.29 is 19.2 Å². The van der Waals surface area contributed by atoms with Gasteiger partial charge in [-0.15, -0.1) is 0 Å². The number of nitrogens with zero attached hydrogens (tertiary/aromatic N) is 3. The molecule has 7 rings (SSSR count). The second kappa shape index (κ2) is 15.2. The standard InChI is InChI=1S/C38H50N8O4/c39-21-32(33-22-40-30-10-1-2-11-31(30)43-33)41-25-16-18-45(19-17-25)36(48)13-4-7-24-6-3-8-26(20-24)42-29-12-5-9-27-28(29)23-46(38(27)50)34-14-15-35(47)44-37(34)49/h1-2,5,9-12,24-26,33-34,40,42-43H,3-4,6-8,13-23,39H2,(H,44,47,49)/b41-32-. The van der Waals surface area contributed by atoms with Gasteiger partial charge in [0, 0.05) is 68.4 Å². The Balaban J connectivity index is 0.851. The number of anilines is 3. The molecule has 0 spiro atoms. The highest BCUT2D eigenvalue weighted by Gasteiger charge is 2.40. The van der Waals surface area contributed by atoms with E-state index in [0.29, 0.717) is 43.5 Å². The predicted octanol–water partition coefficient (Wildman–Crippen LogP) is 3.89. The molecule has 6 N–H and O–H groups in total. The lowest BCUT2D eigenvalue weighted by Gasteiger charge is -2.33. The van der Waals surface area contributed by atoms with E-state index in [1.807, 2.05) is 35.2 Å². The van der Waals surface area contributed by atoms with Crippen LogP contribution in [0.3, 0.4) is 0 Å². The largest absolute Gasteiger partial charge is 0.382 e. The van der Waals surface area contributed by atoms with E-state index in [4.69, 9.17) is 10.7 Å². The molecule has 2 aromatic carbocycles. The van der Waals surface area contributed by atoms with Crippen molar-refractivity contribution in [3.8, 4) is 0 Å². The van der Waals surface area contributed by atoms with E-state index in [-0.39, 0.29) is 36.2 Å². The summed E-state index contributed by atoms with van der Waals surface area (Å²) < 4.78 is 0. The van der Waals surface area contributed by atoms with Crippen LogP contribution in [-0.2, 0) is 20.9 Å². The third kappa shape index (κ3) is 7.50. The van der Waals surface area contributed by atoms with Crippen molar-refractivity contribution in [1.82, 2.24) is 15.1 Å². The van der Waals surface area contributed by atoms with Crippen LogP contribution in [0.4, 0.5) is 17.1 Å². The Hall–Kier alpha value is -4.45. The highest BCUT2D eigenvalue weighted by atomic mass is 16.2. The number of carbonyl (C=O) groups is 4. The fourth-order valence-corrected chi connectivity index (χ4v) is 8.50. The lowest BCUT2D eigenvalue weighted by atomic mass is 9.82. The van der Waals surface area contributed by atoms with Gasteiger partial charge in [-0.1, -0.05) is 31.0 Å². The predicted molar refractivity (Wildman–Crippen MR) is 194 cm³/mol. The fraction of sp³-hybridized carbons (Fsp3) is 0.553. The van der Waals surface area contributed by atoms with E-state index in [1.165, 1.54) is 6.42 Å². The molecule has 0 aromatic heterocycles. The van der Waals surface area contributed by atoms with Crippen LogP contribution in [0.1, 0.15) is 86.6 Å². The molecule has 4 atom stereocenters. The number of piperidine rings is 2. The van der Waals surface area contributed by atoms with Crippen molar-refractivity contribution in [3.05, 3.63) is 53.6 Å². The molecule has 1 aliphatic carbocycles. The number of carbonyl (C=O) groups excluding carboxylic acids is 4. The number of benzene rings is 2. The summed E-state index contributed by atoms with van der Waals surface area (Å²) in [5.41, 5.74) is 11.8. The number of hydrogen-bond acceptors (Lipinski definition) is 9. The van der Waals surface area contributed by atoms with Crippen molar-refractivity contribution in [2.45, 2.75) is 101 Å². The first kappa shape index (κ1) is 34.0. The molecule has 0 bridgehead atoms. The minimum Gasteiger partial charge on any atom is -0.382 e. The molecule has 4 heterocycles. The Bertz CT molecular complexity index is 1640. The van der Waals surface area contributed by atoms with Crippen molar-refractivity contribution >= 4 is 46.4 Å². The van der Waals surface area contributed by atoms with Crippen LogP contribution in [0.15, 0.2) is 47.5 Å². The Kier molecular flexibility index (Phi) is 10.3. The van der Waals surface area contributed by atoms with Crippen molar-refractivity contribution in [1.29, 1.82) is 0 Å². The van der Waals surface area contributed by atoms with Gasteiger partial charge in [0.25, 0.3) is 5.91 Å². The van der Waals surface area contributed by atoms with Gasteiger partial charge in [0.05, 0.1) is 29.2 Å². The summed E-state index contributed by atoms with van der Waals surface area (Å²) in [5.74, 6) is -0.0243. The molecule has 4 amide bonds. The maximum absolute atomic E-state index is 13.3.